The van der Waals surface area contributed by atoms with Crippen molar-refractivity contribution in [2.75, 3.05) is 24.2 Å². The number of nitrogens with two attached hydrogens (primary N) is 1. The predicted molar refractivity (Wildman–Crippen MR) is 63.6 cm³/mol. The van der Waals surface area contributed by atoms with Gasteiger partial charge < -0.3 is 10.6 Å². The van der Waals surface area contributed by atoms with Gasteiger partial charge in [0.2, 0.25) is 0 Å². The summed E-state index contributed by atoms with van der Waals surface area (Å²) in [6.07, 6.45) is 0. The number of benzene rings is 1. The van der Waals surface area contributed by atoms with Crippen molar-refractivity contribution in [2.45, 2.75) is 13.8 Å². The number of hydrogen-bond donors (Lipinski definition) is 1. The number of rotatable bonds is 3. The van der Waals surface area contributed by atoms with Gasteiger partial charge in [-0.25, -0.2) is 4.39 Å². The molecular weight excluding hydrogens is 205 g/mol. The Bertz CT molecular complexity index is 423. The molecule has 3 nitrogen and oxygen atoms in total. The first-order chi connectivity index (χ1) is 7.45. The second-order valence-corrected chi connectivity index (χ2v) is 4.07. The van der Waals surface area contributed by atoms with Gasteiger partial charge >= 0.3 is 0 Å². The van der Waals surface area contributed by atoms with Crippen LogP contribution in [-0.2, 0) is 0 Å². The van der Waals surface area contributed by atoms with Crippen LogP contribution in [0.5, 0.6) is 0 Å². The fourth-order valence-electron chi connectivity index (χ4n) is 1.56. The first-order valence-electron chi connectivity index (χ1n) is 5.12. The van der Waals surface area contributed by atoms with Crippen molar-refractivity contribution in [1.29, 1.82) is 5.26 Å². The van der Waals surface area contributed by atoms with Crippen LogP contribution in [0.25, 0.3) is 0 Å². The molecule has 0 saturated carbocycles. The number of nitrogens with zero attached hydrogens (tertiary/aromatic N) is 2. The lowest BCUT2D eigenvalue weighted by molar-refractivity contribution is 0.618. The number of hydrogen-bond acceptors (Lipinski definition) is 3. The minimum atomic E-state index is -0.303. The summed E-state index contributed by atoms with van der Waals surface area (Å²) in [5.74, 6) is -0.391. The average Bonchev–Trinajstić information content (AvgIpc) is 2.23. The van der Waals surface area contributed by atoms with Gasteiger partial charge in [0.25, 0.3) is 0 Å². The van der Waals surface area contributed by atoms with E-state index < -0.39 is 0 Å². The van der Waals surface area contributed by atoms with E-state index in [0.717, 1.165) is 5.69 Å². The van der Waals surface area contributed by atoms with Gasteiger partial charge in [-0.05, 0) is 31.5 Å². The summed E-state index contributed by atoms with van der Waals surface area (Å²) < 4.78 is 13.2. The molecule has 0 spiro atoms. The van der Waals surface area contributed by atoms with Crippen LogP contribution in [0.3, 0.4) is 0 Å². The van der Waals surface area contributed by atoms with Crippen molar-refractivity contribution >= 4 is 11.4 Å². The van der Waals surface area contributed by atoms with Crippen LogP contribution in [0.1, 0.15) is 12.5 Å². The molecule has 2 N–H and O–H groups in total. The van der Waals surface area contributed by atoms with Gasteiger partial charge in [-0.1, -0.05) is 0 Å². The Morgan fingerprint density at radius 3 is 2.75 bits per heavy atom. The van der Waals surface area contributed by atoms with E-state index in [4.69, 9.17) is 11.0 Å². The molecule has 0 aromatic heterocycles. The fraction of sp³-hybridized carbons (Fsp3) is 0.417. The molecule has 0 aliphatic carbocycles. The molecule has 1 rings (SSSR count). The fourth-order valence-corrected chi connectivity index (χ4v) is 1.56. The Kier molecular flexibility index (Phi) is 3.73. The molecular formula is C12H16FN3. The molecule has 0 bridgehead atoms. The topological polar surface area (TPSA) is 53.0 Å². The molecule has 1 aromatic rings. The normalized spacial score (nSPS) is 11.9. The highest BCUT2D eigenvalue weighted by Crippen LogP contribution is 2.26. The minimum Gasteiger partial charge on any atom is -0.397 e. The molecule has 16 heavy (non-hydrogen) atoms. The highest BCUT2D eigenvalue weighted by molar-refractivity contribution is 5.68. The van der Waals surface area contributed by atoms with Gasteiger partial charge in [0.1, 0.15) is 5.82 Å². The molecule has 1 aromatic carbocycles. The number of nitriles is 1. The lowest BCUT2D eigenvalue weighted by Gasteiger charge is -2.22. The highest BCUT2D eigenvalue weighted by atomic mass is 19.1. The Balaban J connectivity index is 2.96. The third-order valence-corrected chi connectivity index (χ3v) is 2.49. The summed E-state index contributed by atoms with van der Waals surface area (Å²) in [5.41, 5.74) is 7.46. The standard InChI is InChI=1S/C12H16FN3/c1-8(6-14)7-16(3)12-4-9(2)10(13)5-11(12)15/h4-5,8H,7,15H2,1-3H3. The minimum absolute atomic E-state index is 0.0882. The van der Waals surface area contributed by atoms with Crippen LogP contribution < -0.4 is 10.6 Å². The first-order valence-corrected chi connectivity index (χ1v) is 5.12. The van der Waals surface area contributed by atoms with Crippen LogP contribution in [-0.4, -0.2) is 13.6 Å². The van der Waals surface area contributed by atoms with Gasteiger partial charge in [0.15, 0.2) is 0 Å². The van der Waals surface area contributed by atoms with Gasteiger partial charge in [-0.15, -0.1) is 0 Å². The van der Waals surface area contributed by atoms with Gasteiger partial charge in [0.05, 0.1) is 23.4 Å². The molecule has 0 fully saturated rings. The monoisotopic (exact) mass is 221 g/mol. The zero-order chi connectivity index (χ0) is 12.3. The van der Waals surface area contributed by atoms with E-state index in [0.29, 0.717) is 17.8 Å². The van der Waals surface area contributed by atoms with Crippen LogP contribution in [0, 0.1) is 30.0 Å². The van der Waals surface area contributed by atoms with Gasteiger partial charge in [-0.2, -0.15) is 5.26 Å². The molecule has 4 heteroatoms. The van der Waals surface area contributed by atoms with E-state index in [-0.39, 0.29) is 11.7 Å². The molecule has 0 amide bonds. The lowest BCUT2D eigenvalue weighted by atomic mass is 10.1. The zero-order valence-corrected chi connectivity index (χ0v) is 9.79. The number of anilines is 2. The quantitative estimate of drug-likeness (QED) is 0.797. The van der Waals surface area contributed by atoms with Crippen molar-refractivity contribution in [2.24, 2.45) is 5.92 Å². The van der Waals surface area contributed by atoms with Crippen LogP contribution in [0.15, 0.2) is 12.1 Å². The van der Waals surface area contributed by atoms with E-state index in [1.165, 1.54) is 6.07 Å². The van der Waals surface area contributed by atoms with Crippen molar-refractivity contribution < 1.29 is 4.39 Å². The van der Waals surface area contributed by atoms with Crippen molar-refractivity contribution in [1.82, 2.24) is 0 Å². The van der Waals surface area contributed by atoms with E-state index in [1.807, 2.05) is 18.9 Å². The number of aryl methyl sites for hydroxylation is 1. The van der Waals surface area contributed by atoms with Crippen molar-refractivity contribution in [3.63, 3.8) is 0 Å². The van der Waals surface area contributed by atoms with Crippen LogP contribution in [0.2, 0.25) is 0 Å². The molecule has 1 atom stereocenters. The maximum Gasteiger partial charge on any atom is 0.128 e. The second kappa shape index (κ2) is 4.84. The first kappa shape index (κ1) is 12.3. The zero-order valence-electron chi connectivity index (χ0n) is 9.79. The van der Waals surface area contributed by atoms with E-state index in [1.54, 1.807) is 13.0 Å². The number of nitrogen functional groups attached to an aromatic ring is 1. The maximum atomic E-state index is 13.2. The van der Waals surface area contributed by atoms with Crippen LogP contribution in [0.4, 0.5) is 15.8 Å². The molecule has 1 unspecified atom stereocenters. The third-order valence-electron chi connectivity index (χ3n) is 2.49. The van der Waals surface area contributed by atoms with Gasteiger partial charge in [0, 0.05) is 13.6 Å². The Labute approximate surface area is 95.3 Å². The largest absolute Gasteiger partial charge is 0.397 e. The predicted octanol–water partition coefficient (Wildman–Crippen LogP) is 2.31. The van der Waals surface area contributed by atoms with E-state index in [9.17, 15) is 4.39 Å². The Morgan fingerprint density at radius 2 is 2.19 bits per heavy atom. The molecule has 0 aliphatic heterocycles. The summed E-state index contributed by atoms with van der Waals surface area (Å²) in [6.45, 7) is 4.11. The summed E-state index contributed by atoms with van der Waals surface area (Å²) in [7, 11) is 1.84. The summed E-state index contributed by atoms with van der Waals surface area (Å²) in [4.78, 5) is 1.87. The van der Waals surface area contributed by atoms with Crippen molar-refractivity contribution in [3.8, 4) is 6.07 Å². The maximum absolute atomic E-state index is 13.2. The molecule has 0 saturated heterocycles. The summed E-state index contributed by atoms with van der Waals surface area (Å²) >= 11 is 0. The molecule has 0 radical (unpaired) electrons. The molecule has 0 aliphatic rings. The van der Waals surface area contributed by atoms with Gasteiger partial charge in [-0.3, -0.25) is 0 Å². The summed E-state index contributed by atoms with van der Waals surface area (Å²) in [6, 6.07) is 5.18. The second-order valence-electron chi connectivity index (χ2n) is 4.07. The highest BCUT2D eigenvalue weighted by Gasteiger charge is 2.11. The number of halogens is 1. The molecule has 86 valence electrons. The Hall–Kier alpha value is -1.76. The Morgan fingerprint density at radius 1 is 1.56 bits per heavy atom. The van der Waals surface area contributed by atoms with E-state index in [2.05, 4.69) is 6.07 Å². The molecule has 0 heterocycles. The summed E-state index contributed by atoms with van der Waals surface area (Å²) in [5, 5.41) is 8.73. The van der Waals surface area contributed by atoms with Crippen molar-refractivity contribution in [3.05, 3.63) is 23.5 Å². The van der Waals surface area contributed by atoms with E-state index >= 15 is 0 Å². The lowest BCUT2D eigenvalue weighted by Crippen LogP contribution is -2.24. The third kappa shape index (κ3) is 2.63. The van der Waals surface area contributed by atoms with Crippen LogP contribution >= 0.6 is 0 Å². The smallest absolute Gasteiger partial charge is 0.128 e. The average molecular weight is 221 g/mol. The SMILES string of the molecule is Cc1cc(N(C)CC(C)C#N)c(N)cc1F.